The van der Waals surface area contributed by atoms with Crippen LogP contribution >= 0.6 is 24.0 Å². The smallest absolute Gasteiger partial charge is 0.200 e. The Kier molecular flexibility index (Phi) is 4.22. The molecule has 0 aliphatic carbocycles. The molecule has 106 valence electrons. The Bertz CT molecular complexity index is 791. The number of benzene rings is 2. The number of nitrogens with zero attached hydrogens (tertiary/aromatic N) is 2. The second kappa shape index (κ2) is 6.28. The van der Waals surface area contributed by atoms with Gasteiger partial charge in [-0.2, -0.15) is 5.10 Å². The molecule has 0 bridgehead atoms. The third kappa shape index (κ3) is 2.80. The highest BCUT2D eigenvalue weighted by molar-refractivity contribution is 7.99. The monoisotopic (exact) mass is 313 g/mol. The van der Waals surface area contributed by atoms with E-state index in [9.17, 15) is 0 Å². The van der Waals surface area contributed by atoms with E-state index < -0.39 is 0 Å². The number of aromatic nitrogens is 3. The van der Waals surface area contributed by atoms with E-state index in [1.807, 2.05) is 52.7 Å². The predicted octanol–water partition coefficient (Wildman–Crippen LogP) is 4.71. The van der Waals surface area contributed by atoms with Gasteiger partial charge in [-0.05, 0) is 36.2 Å². The highest BCUT2D eigenvalue weighted by Gasteiger charge is 2.13. The first-order valence-corrected chi connectivity index (χ1v) is 8.15. The summed E-state index contributed by atoms with van der Waals surface area (Å²) < 4.78 is 2.58. The molecule has 0 radical (unpaired) electrons. The van der Waals surface area contributed by atoms with Crippen molar-refractivity contribution in [2.75, 3.05) is 5.75 Å². The lowest BCUT2D eigenvalue weighted by Crippen LogP contribution is -1.98. The van der Waals surface area contributed by atoms with Gasteiger partial charge in [-0.3, -0.25) is 9.67 Å². The lowest BCUT2D eigenvalue weighted by molar-refractivity contribution is 1.03. The van der Waals surface area contributed by atoms with Crippen LogP contribution in [0.25, 0.3) is 17.1 Å². The number of para-hydroxylation sites is 1. The van der Waals surface area contributed by atoms with Crippen LogP contribution in [0, 0.1) is 4.77 Å². The van der Waals surface area contributed by atoms with Gasteiger partial charge in [0.25, 0.3) is 0 Å². The van der Waals surface area contributed by atoms with Crippen molar-refractivity contribution >= 4 is 24.0 Å². The van der Waals surface area contributed by atoms with E-state index in [1.54, 1.807) is 0 Å². The summed E-state index contributed by atoms with van der Waals surface area (Å²) in [6, 6.07) is 18.3. The molecule has 3 nitrogen and oxygen atoms in total. The number of hydrogen-bond donors (Lipinski definition) is 1. The molecule has 3 rings (SSSR count). The third-order valence-corrected chi connectivity index (χ3v) is 4.34. The highest BCUT2D eigenvalue weighted by atomic mass is 32.2. The van der Waals surface area contributed by atoms with E-state index in [2.05, 4.69) is 35.3 Å². The largest absolute Gasteiger partial charge is 0.268 e. The van der Waals surface area contributed by atoms with Gasteiger partial charge in [0, 0.05) is 16.1 Å². The molecule has 2 aromatic carbocycles. The van der Waals surface area contributed by atoms with Gasteiger partial charge < -0.3 is 0 Å². The molecule has 5 heteroatoms. The van der Waals surface area contributed by atoms with Crippen LogP contribution in [0.2, 0.25) is 0 Å². The normalized spacial score (nSPS) is 10.7. The molecule has 0 amide bonds. The number of H-pyrrole nitrogens is 1. The molecular formula is C16H15N3S2. The Balaban J connectivity index is 2.20. The molecular weight excluding hydrogens is 298 g/mol. The summed E-state index contributed by atoms with van der Waals surface area (Å²) in [5.41, 5.74) is 2.11. The number of rotatable bonds is 4. The molecule has 0 saturated heterocycles. The summed E-state index contributed by atoms with van der Waals surface area (Å²) in [5, 5.41) is 7.35. The molecule has 1 aromatic heterocycles. The van der Waals surface area contributed by atoms with Gasteiger partial charge in [0.2, 0.25) is 0 Å². The first-order chi connectivity index (χ1) is 10.3. The molecule has 0 fully saturated rings. The summed E-state index contributed by atoms with van der Waals surface area (Å²) in [6.45, 7) is 2.15. The van der Waals surface area contributed by atoms with Crippen LogP contribution in [-0.2, 0) is 0 Å². The molecule has 0 spiro atoms. The molecule has 0 saturated carbocycles. The van der Waals surface area contributed by atoms with Crippen molar-refractivity contribution in [1.29, 1.82) is 0 Å². The summed E-state index contributed by atoms with van der Waals surface area (Å²) in [6.07, 6.45) is 0. The van der Waals surface area contributed by atoms with Crippen LogP contribution < -0.4 is 0 Å². The maximum Gasteiger partial charge on any atom is 0.200 e. The second-order valence-corrected chi connectivity index (χ2v) is 6.15. The summed E-state index contributed by atoms with van der Waals surface area (Å²) in [4.78, 5) is 1.21. The zero-order valence-corrected chi connectivity index (χ0v) is 13.2. The molecule has 0 aliphatic rings. The molecule has 1 N–H and O–H groups in total. The maximum atomic E-state index is 5.40. The Labute approximate surface area is 133 Å². The fraction of sp³-hybridized carbons (Fsp3) is 0.125. The fourth-order valence-electron chi connectivity index (χ4n) is 2.23. The molecule has 0 unspecified atom stereocenters. The summed E-state index contributed by atoms with van der Waals surface area (Å²) >= 11 is 7.21. The van der Waals surface area contributed by atoms with Crippen LogP contribution in [0.5, 0.6) is 0 Å². The topological polar surface area (TPSA) is 33.6 Å². The SMILES string of the molecule is CCSc1ccccc1-c1n[nH]c(=S)n1-c1ccccc1. The van der Waals surface area contributed by atoms with Crippen LogP contribution in [-0.4, -0.2) is 20.5 Å². The number of hydrogen-bond acceptors (Lipinski definition) is 3. The van der Waals surface area contributed by atoms with Gasteiger partial charge in [0.15, 0.2) is 10.6 Å². The van der Waals surface area contributed by atoms with Crippen molar-refractivity contribution in [2.45, 2.75) is 11.8 Å². The first-order valence-electron chi connectivity index (χ1n) is 6.76. The minimum Gasteiger partial charge on any atom is -0.268 e. The number of thioether (sulfide) groups is 1. The zero-order chi connectivity index (χ0) is 14.7. The second-order valence-electron chi connectivity index (χ2n) is 4.45. The van der Waals surface area contributed by atoms with Crippen LogP contribution in [0.1, 0.15) is 6.92 Å². The standard InChI is InChI=1S/C16H15N3S2/c1-2-21-14-11-7-6-10-13(14)15-17-18-16(20)19(15)12-8-4-3-5-9-12/h3-11H,2H2,1H3,(H,18,20). The van der Waals surface area contributed by atoms with Gasteiger partial charge in [0.1, 0.15) is 0 Å². The van der Waals surface area contributed by atoms with Gasteiger partial charge in [-0.15, -0.1) is 11.8 Å². The van der Waals surface area contributed by atoms with Gasteiger partial charge in [-0.25, -0.2) is 0 Å². The van der Waals surface area contributed by atoms with Crippen molar-refractivity contribution in [3.8, 4) is 17.1 Å². The number of nitrogens with one attached hydrogen (secondary N) is 1. The van der Waals surface area contributed by atoms with Crippen LogP contribution in [0.4, 0.5) is 0 Å². The minimum atomic E-state index is 0.604. The van der Waals surface area contributed by atoms with Crippen molar-refractivity contribution in [3.05, 3.63) is 59.4 Å². The molecule has 0 atom stereocenters. The third-order valence-electron chi connectivity index (χ3n) is 3.11. The Hall–Kier alpha value is -1.85. The van der Waals surface area contributed by atoms with Crippen molar-refractivity contribution < 1.29 is 0 Å². The van der Waals surface area contributed by atoms with Crippen molar-refractivity contribution in [2.24, 2.45) is 0 Å². The van der Waals surface area contributed by atoms with E-state index in [1.165, 1.54) is 4.90 Å². The lowest BCUT2D eigenvalue weighted by atomic mass is 10.2. The van der Waals surface area contributed by atoms with Gasteiger partial charge in [-0.1, -0.05) is 43.3 Å². The number of aromatic amines is 1. The van der Waals surface area contributed by atoms with Crippen LogP contribution in [0.3, 0.4) is 0 Å². The highest BCUT2D eigenvalue weighted by Crippen LogP contribution is 2.31. The summed E-state index contributed by atoms with van der Waals surface area (Å²) in [7, 11) is 0. The van der Waals surface area contributed by atoms with E-state index in [0.717, 1.165) is 22.8 Å². The van der Waals surface area contributed by atoms with Crippen molar-refractivity contribution in [1.82, 2.24) is 14.8 Å². The fourth-order valence-corrected chi connectivity index (χ4v) is 3.27. The average molecular weight is 313 g/mol. The minimum absolute atomic E-state index is 0.604. The molecule has 1 heterocycles. The van der Waals surface area contributed by atoms with E-state index in [-0.39, 0.29) is 0 Å². The lowest BCUT2D eigenvalue weighted by Gasteiger charge is -2.10. The maximum absolute atomic E-state index is 5.40. The molecule has 3 aromatic rings. The Morgan fingerprint density at radius 3 is 2.57 bits per heavy atom. The van der Waals surface area contributed by atoms with E-state index in [4.69, 9.17) is 12.2 Å². The molecule has 21 heavy (non-hydrogen) atoms. The van der Waals surface area contributed by atoms with Gasteiger partial charge in [0.05, 0.1) is 0 Å². The van der Waals surface area contributed by atoms with Gasteiger partial charge >= 0.3 is 0 Å². The van der Waals surface area contributed by atoms with Crippen LogP contribution in [0.15, 0.2) is 59.5 Å². The quantitative estimate of drug-likeness (QED) is 0.559. The van der Waals surface area contributed by atoms with E-state index in [0.29, 0.717) is 4.77 Å². The molecule has 0 aliphatic heterocycles. The van der Waals surface area contributed by atoms with E-state index >= 15 is 0 Å². The first kappa shape index (κ1) is 14.1. The Morgan fingerprint density at radius 1 is 1.10 bits per heavy atom. The zero-order valence-electron chi connectivity index (χ0n) is 11.6. The average Bonchev–Trinajstić information content (AvgIpc) is 2.91. The van der Waals surface area contributed by atoms with Crippen molar-refractivity contribution in [3.63, 3.8) is 0 Å². The Morgan fingerprint density at radius 2 is 1.81 bits per heavy atom. The summed E-state index contributed by atoms with van der Waals surface area (Å²) in [5.74, 6) is 1.87. The predicted molar refractivity (Wildman–Crippen MR) is 90.6 cm³/mol.